The van der Waals surface area contributed by atoms with E-state index in [2.05, 4.69) is 34.1 Å². The molecular weight excluding hydrogens is 318 g/mol. The fourth-order valence-corrected chi connectivity index (χ4v) is 4.63. The Morgan fingerprint density at radius 3 is 3.00 bits per heavy atom. The zero-order chi connectivity index (χ0) is 16.1. The molecule has 24 heavy (non-hydrogen) atoms. The number of rotatable bonds is 4. The van der Waals surface area contributed by atoms with Crippen LogP contribution in [0.2, 0.25) is 0 Å². The average Bonchev–Trinajstić information content (AvgIpc) is 2.99. The number of benzene rings is 1. The third-order valence-electron chi connectivity index (χ3n) is 5.14. The molecule has 1 fully saturated rings. The Morgan fingerprint density at radius 2 is 2.17 bits per heavy atom. The molecular formula is C19H19N3OS. The number of carbonyl (C=O) groups is 1. The number of amides is 1. The standard InChI is InChI=1S/C19H19N3OS/c23-18(11-14-12-21-9-10-24-19(21)20-14)22(15-6-7-15)17-8-5-13-3-1-2-4-16(13)17/h1-4,9-10,12,15,17H,5-8,11H2/t17-/m1/s1. The van der Waals surface area contributed by atoms with Gasteiger partial charge in [-0.1, -0.05) is 24.3 Å². The van der Waals surface area contributed by atoms with Crippen LogP contribution < -0.4 is 0 Å². The smallest absolute Gasteiger partial charge is 0.229 e. The van der Waals surface area contributed by atoms with Gasteiger partial charge in [0.1, 0.15) is 0 Å². The number of nitrogens with zero attached hydrogens (tertiary/aromatic N) is 3. The highest BCUT2D eigenvalue weighted by molar-refractivity contribution is 7.15. The minimum Gasteiger partial charge on any atom is -0.332 e. The average molecular weight is 337 g/mol. The first-order chi connectivity index (χ1) is 11.8. The summed E-state index contributed by atoms with van der Waals surface area (Å²) in [6.45, 7) is 0. The summed E-state index contributed by atoms with van der Waals surface area (Å²) in [5, 5.41) is 2.01. The molecule has 0 saturated heterocycles. The summed E-state index contributed by atoms with van der Waals surface area (Å²) in [5.41, 5.74) is 3.64. The minimum absolute atomic E-state index is 0.227. The van der Waals surface area contributed by atoms with Crippen molar-refractivity contribution in [3.63, 3.8) is 0 Å². The molecule has 1 aromatic carbocycles. The van der Waals surface area contributed by atoms with Gasteiger partial charge in [0.15, 0.2) is 4.96 Å². The van der Waals surface area contributed by atoms with Crippen LogP contribution in [0.15, 0.2) is 42.0 Å². The number of hydrogen-bond donors (Lipinski definition) is 0. The number of hydrogen-bond acceptors (Lipinski definition) is 3. The molecule has 2 aliphatic carbocycles. The highest BCUT2D eigenvalue weighted by Gasteiger charge is 2.40. The van der Waals surface area contributed by atoms with Gasteiger partial charge in [0.2, 0.25) is 5.91 Å². The highest BCUT2D eigenvalue weighted by Crippen LogP contribution is 2.42. The normalized spacial score (nSPS) is 19.6. The van der Waals surface area contributed by atoms with E-state index in [1.807, 2.05) is 22.2 Å². The molecule has 2 heterocycles. The van der Waals surface area contributed by atoms with E-state index in [0.29, 0.717) is 12.5 Å². The molecule has 0 N–H and O–H groups in total. The Morgan fingerprint density at radius 1 is 1.29 bits per heavy atom. The molecule has 2 aromatic heterocycles. The van der Waals surface area contributed by atoms with Crippen LogP contribution >= 0.6 is 11.3 Å². The third-order valence-corrected chi connectivity index (χ3v) is 5.91. The molecule has 2 aliphatic rings. The van der Waals surface area contributed by atoms with Gasteiger partial charge < -0.3 is 4.90 Å². The van der Waals surface area contributed by atoms with E-state index in [9.17, 15) is 4.79 Å². The molecule has 1 amide bonds. The van der Waals surface area contributed by atoms with E-state index < -0.39 is 0 Å². The first-order valence-corrected chi connectivity index (χ1v) is 9.47. The number of aromatic nitrogens is 2. The topological polar surface area (TPSA) is 37.6 Å². The van der Waals surface area contributed by atoms with Crippen molar-refractivity contribution in [3.05, 3.63) is 58.9 Å². The van der Waals surface area contributed by atoms with Gasteiger partial charge in [-0.3, -0.25) is 9.20 Å². The maximum Gasteiger partial charge on any atom is 0.229 e. The summed E-state index contributed by atoms with van der Waals surface area (Å²) < 4.78 is 2.00. The van der Waals surface area contributed by atoms with E-state index in [1.54, 1.807) is 11.3 Å². The van der Waals surface area contributed by atoms with Gasteiger partial charge in [0.05, 0.1) is 18.2 Å². The lowest BCUT2D eigenvalue weighted by Crippen LogP contribution is -2.37. The fourth-order valence-electron chi connectivity index (χ4n) is 3.92. The Kier molecular flexibility index (Phi) is 3.23. The summed E-state index contributed by atoms with van der Waals surface area (Å²) in [4.78, 5) is 20.8. The first kappa shape index (κ1) is 14.2. The van der Waals surface area contributed by atoms with Crippen LogP contribution in [0.1, 0.15) is 42.1 Å². The molecule has 0 unspecified atom stereocenters. The van der Waals surface area contributed by atoms with Crippen LogP contribution in [0.4, 0.5) is 0 Å². The SMILES string of the molecule is O=C(Cc1cn2ccsc2n1)N(C1CC1)[C@@H]1CCc2ccccc21. The summed E-state index contributed by atoms with van der Waals surface area (Å²) in [6.07, 6.45) is 8.80. The van der Waals surface area contributed by atoms with Crippen molar-refractivity contribution in [2.24, 2.45) is 0 Å². The van der Waals surface area contributed by atoms with Crippen LogP contribution in [-0.2, 0) is 17.6 Å². The van der Waals surface area contributed by atoms with E-state index in [1.165, 1.54) is 11.1 Å². The van der Waals surface area contributed by atoms with Crippen LogP contribution in [-0.4, -0.2) is 26.2 Å². The molecule has 0 spiro atoms. The van der Waals surface area contributed by atoms with Crippen molar-refractivity contribution in [1.82, 2.24) is 14.3 Å². The molecule has 0 aliphatic heterocycles. The van der Waals surface area contributed by atoms with Crippen LogP contribution in [0, 0.1) is 0 Å². The van der Waals surface area contributed by atoms with E-state index >= 15 is 0 Å². The van der Waals surface area contributed by atoms with Crippen molar-refractivity contribution in [2.75, 3.05) is 0 Å². The molecule has 1 saturated carbocycles. The van der Waals surface area contributed by atoms with Crippen molar-refractivity contribution in [1.29, 1.82) is 0 Å². The fraction of sp³-hybridized carbons (Fsp3) is 0.368. The lowest BCUT2D eigenvalue weighted by atomic mass is 10.1. The molecule has 3 aromatic rings. The molecule has 5 rings (SSSR count). The molecule has 122 valence electrons. The predicted molar refractivity (Wildman–Crippen MR) is 94.1 cm³/mol. The highest BCUT2D eigenvalue weighted by atomic mass is 32.1. The van der Waals surface area contributed by atoms with Gasteiger partial charge in [-0.05, 0) is 36.8 Å². The summed E-state index contributed by atoms with van der Waals surface area (Å²) in [6, 6.07) is 9.28. The lowest BCUT2D eigenvalue weighted by molar-refractivity contribution is -0.133. The number of thiazole rings is 1. The summed E-state index contributed by atoms with van der Waals surface area (Å²) in [7, 11) is 0. The van der Waals surface area contributed by atoms with Crippen molar-refractivity contribution < 1.29 is 4.79 Å². The lowest BCUT2D eigenvalue weighted by Gasteiger charge is -2.30. The number of carbonyl (C=O) groups excluding carboxylic acids is 1. The van der Waals surface area contributed by atoms with Crippen LogP contribution in [0.25, 0.3) is 4.96 Å². The minimum atomic E-state index is 0.227. The van der Waals surface area contributed by atoms with Gasteiger partial charge in [0, 0.05) is 23.8 Å². The van der Waals surface area contributed by atoms with Gasteiger partial charge in [-0.15, -0.1) is 11.3 Å². The maximum absolute atomic E-state index is 13.1. The van der Waals surface area contributed by atoms with Gasteiger partial charge in [-0.2, -0.15) is 0 Å². The van der Waals surface area contributed by atoms with Gasteiger partial charge in [0.25, 0.3) is 0 Å². The Labute approximate surface area is 144 Å². The first-order valence-electron chi connectivity index (χ1n) is 8.59. The predicted octanol–water partition coefficient (Wildman–Crippen LogP) is 3.62. The van der Waals surface area contributed by atoms with E-state index in [-0.39, 0.29) is 11.9 Å². The largest absolute Gasteiger partial charge is 0.332 e. The Hall–Kier alpha value is -2.14. The second-order valence-electron chi connectivity index (χ2n) is 6.79. The summed E-state index contributed by atoms with van der Waals surface area (Å²) in [5.74, 6) is 0.227. The molecule has 5 heteroatoms. The zero-order valence-electron chi connectivity index (χ0n) is 13.4. The van der Waals surface area contributed by atoms with E-state index in [0.717, 1.165) is 36.3 Å². The second-order valence-corrected chi connectivity index (χ2v) is 7.66. The molecule has 1 atom stereocenters. The van der Waals surface area contributed by atoms with Gasteiger partial charge in [-0.25, -0.2) is 4.98 Å². The quantitative estimate of drug-likeness (QED) is 0.729. The van der Waals surface area contributed by atoms with E-state index in [4.69, 9.17) is 0 Å². The molecule has 4 nitrogen and oxygen atoms in total. The second kappa shape index (κ2) is 5.45. The van der Waals surface area contributed by atoms with Crippen LogP contribution in [0.5, 0.6) is 0 Å². The number of imidazole rings is 1. The number of fused-ring (bicyclic) bond motifs is 2. The molecule has 0 bridgehead atoms. The van der Waals surface area contributed by atoms with Gasteiger partial charge >= 0.3 is 0 Å². The van der Waals surface area contributed by atoms with Crippen molar-refractivity contribution in [2.45, 2.75) is 44.2 Å². The van der Waals surface area contributed by atoms with Crippen LogP contribution in [0.3, 0.4) is 0 Å². The number of aryl methyl sites for hydroxylation is 1. The summed E-state index contributed by atoms with van der Waals surface area (Å²) >= 11 is 1.61. The molecule has 0 radical (unpaired) electrons. The van der Waals surface area contributed by atoms with Crippen molar-refractivity contribution in [3.8, 4) is 0 Å². The Bertz CT molecular complexity index is 880. The maximum atomic E-state index is 13.1. The third kappa shape index (κ3) is 2.35. The zero-order valence-corrected chi connectivity index (χ0v) is 14.2. The monoisotopic (exact) mass is 337 g/mol. The Balaban J connectivity index is 1.42. The van der Waals surface area contributed by atoms with Crippen molar-refractivity contribution >= 4 is 22.2 Å².